The average molecular weight is 289 g/mol. The fourth-order valence-corrected chi connectivity index (χ4v) is 3.48. The summed E-state index contributed by atoms with van der Waals surface area (Å²) in [5, 5.41) is 11.0. The predicted molar refractivity (Wildman–Crippen MR) is 76.5 cm³/mol. The van der Waals surface area contributed by atoms with Gasteiger partial charge in [-0.05, 0) is 29.5 Å². The van der Waals surface area contributed by atoms with E-state index in [2.05, 4.69) is 0 Å². The molecule has 0 radical (unpaired) electrons. The number of benzene rings is 1. The van der Waals surface area contributed by atoms with Crippen LogP contribution in [0.25, 0.3) is 0 Å². The van der Waals surface area contributed by atoms with E-state index in [1.807, 2.05) is 18.2 Å². The summed E-state index contributed by atoms with van der Waals surface area (Å²) in [7, 11) is 0. The number of rotatable bonds is 4. The second-order valence-corrected chi connectivity index (χ2v) is 5.96. The van der Waals surface area contributed by atoms with E-state index in [0.29, 0.717) is 19.6 Å². The van der Waals surface area contributed by atoms with E-state index in [-0.39, 0.29) is 29.1 Å². The van der Waals surface area contributed by atoms with Crippen LogP contribution >= 0.6 is 0 Å². The summed E-state index contributed by atoms with van der Waals surface area (Å²) in [6.45, 7) is 1.00. The molecule has 1 heterocycles. The summed E-state index contributed by atoms with van der Waals surface area (Å²) in [6, 6.07) is 5.92. The van der Waals surface area contributed by atoms with Crippen LogP contribution in [-0.4, -0.2) is 17.3 Å². The van der Waals surface area contributed by atoms with Crippen LogP contribution in [0.4, 0.5) is 0 Å². The third-order valence-corrected chi connectivity index (χ3v) is 4.61. The molecule has 1 aliphatic heterocycles. The Hall–Kier alpha value is -1.75. The maximum Gasteiger partial charge on any atom is 0.211 e. The molecule has 21 heavy (non-hydrogen) atoms. The van der Waals surface area contributed by atoms with Crippen molar-refractivity contribution in [2.75, 3.05) is 6.54 Å². The SMILES string of the molecule is O=C1CCCC[C@H]1[C@@H](C[N+](=O)[O-])c1ccc2c(c1)COC2. The Bertz CT molecular complexity index is 569. The molecule has 1 saturated carbocycles. The number of carbonyl (C=O) groups is 1. The molecule has 0 unspecified atom stereocenters. The molecule has 2 atom stereocenters. The number of nitrogens with zero attached hydrogens (tertiary/aromatic N) is 1. The van der Waals surface area contributed by atoms with Crippen LogP contribution in [0.2, 0.25) is 0 Å². The molecule has 1 aromatic rings. The average Bonchev–Trinajstić information content (AvgIpc) is 2.93. The molecule has 0 aromatic heterocycles. The molecular weight excluding hydrogens is 270 g/mol. The standard InChI is InChI=1S/C16H19NO4/c18-16-4-2-1-3-14(16)15(8-17(19)20)11-5-6-12-9-21-10-13(12)7-11/h5-7,14-15H,1-4,8-10H2/t14-,15-/m0/s1. The largest absolute Gasteiger partial charge is 0.372 e. The Morgan fingerprint density at radius 2 is 2.10 bits per heavy atom. The van der Waals surface area contributed by atoms with Gasteiger partial charge in [0.1, 0.15) is 5.78 Å². The maximum absolute atomic E-state index is 12.2. The lowest BCUT2D eigenvalue weighted by Gasteiger charge is -2.27. The number of ether oxygens (including phenoxy) is 1. The molecule has 1 aliphatic carbocycles. The van der Waals surface area contributed by atoms with Crippen molar-refractivity contribution in [3.05, 3.63) is 45.0 Å². The van der Waals surface area contributed by atoms with E-state index in [0.717, 1.165) is 36.0 Å². The molecule has 3 rings (SSSR count). The van der Waals surface area contributed by atoms with Crippen molar-refractivity contribution in [3.63, 3.8) is 0 Å². The number of ketones is 1. The third kappa shape index (κ3) is 2.97. The second kappa shape index (κ2) is 5.93. The minimum atomic E-state index is -0.307. The number of hydrogen-bond acceptors (Lipinski definition) is 4. The molecule has 0 N–H and O–H groups in total. The van der Waals surface area contributed by atoms with E-state index in [9.17, 15) is 14.9 Å². The molecule has 0 spiro atoms. The first-order valence-electron chi connectivity index (χ1n) is 7.49. The van der Waals surface area contributed by atoms with Gasteiger partial charge in [-0.15, -0.1) is 0 Å². The van der Waals surface area contributed by atoms with Crippen molar-refractivity contribution >= 4 is 5.78 Å². The van der Waals surface area contributed by atoms with Crippen molar-refractivity contribution in [1.82, 2.24) is 0 Å². The van der Waals surface area contributed by atoms with Gasteiger partial charge in [0, 0.05) is 17.3 Å². The highest BCUT2D eigenvalue weighted by molar-refractivity contribution is 5.82. The monoisotopic (exact) mass is 289 g/mol. The minimum absolute atomic E-state index is 0.171. The molecule has 112 valence electrons. The van der Waals surface area contributed by atoms with Gasteiger partial charge in [-0.25, -0.2) is 0 Å². The molecule has 1 fully saturated rings. The van der Waals surface area contributed by atoms with Gasteiger partial charge in [-0.3, -0.25) is 14.9 Å². The first-order chi connectivity index (χ1) is 10.1. The van der Waals surface area contributed by atoms with Crippen molar-refractivity contribution in [1.29, 1.82) is 0 Å². The molecule has 5 nitrogen and oxygen atoms in total. The van der Waals surface area contributed by atoms with Gasteiger partial charge in [-0.2, -0.15) is 0 Å². The van der Waals surface area contributed by atoms with Crippen molar-refractivity contribution in [3.8, 4) is 0 Å². The summed E-state index contributed by atoms with van der Waals surface area (Å²) >= 11 is 0. The zero-order chi connectivity index (χ0) is 14.8. The Morgan fingerprint density at radius 3 is 2.86 bits per heavy atom. The highest BCUT2D eigenvalue weighted by atomic mass is 16.6. The van der Waals surface area contributed by atoms with E-state index >= 15 is 0 Å². The van der Waals surface area contributed by atoms with Crippen LogP contribution in [0, 0.1) is 16.0 Å². The first kappa shape index (κ1) is 14.2. The van der Waals surface area contributed by atoms with Gasteiger partial charge in [0.15, 0.2) is 0 Å². The number of fused-ring (bicyclic) bond motifs is 1. The molecule has 1 aromatic carbocycles. The first-order valence-corrected chi connectivity index (χ1v) is 7.49. The lowest BCUT2D eigenvalue weighted by atomic mass is 9.75. The molecule has 0 amide bonds. The highest BCUT2D eigenvalue weighted by Crippen LogP contribution is 2.35. The zero-order valence-corrected chi connectivity index (χ0v) is 11.9. The molecule has 0 bridgehead atoms. The van der Waals surface area contributed by atoms with Gasteiger partial charge in [-0.1, -0.05) is 24.6 Å². The van der Waals surface area contributed by atoms with Gasteiger partial charge < -0.3 is 4.74 Å². The minimum Gasteiger partial charge on any atom is -0.372 e. The number of nitro groups is 1. The number of Topliss-reactive ketones (excluding diaryl/α,β-unsaturated/α-hetero) is 1. The topological polar surface area (TPSA) is 69.4 Å². The summed E-state index contributed by atoms with van der Waals surface area (Å²) in [5.41, 5.74) is 3.16. The van der Waals surface area contributed by atoms with Gasteiger partial charge in [0.2, 0.25) is 6.54 Å². The third-order valence-electron chi connectivity index (χ3n) is 4.61. The van der Waals surface area contributed by atoms with Crippen LogP contribution in [0.3, 0.4) is 0 Å². The van der Waals surface area contributed by atoms with E-state index in [1.54, 1.807) is 0 Å². The van der Waals surface area contributed by atoms with Crippen molar-refractivity contribution in [2.45, 2.75) is 44.8 Å². The van der Waals surface area contributed by atoms with Crippen LogP contribution in [0.1, 0.15) is 48.3 Å². The van der Waals surface area contributed by atoms with Crippen LogP contribution in [0.5, 0.6) is 0 Å². The number of carbonyl (C=O) groups excluding carboxylic acids is 1. The predicted octanol–water partition coefficient (Wildman–Crippen LogP) is 2.84. The summed E-state index contributed by atoms with van der Waals surface area (Å²) < 4.78 is 5.40. The van der Waals surface area contributed by atoms with E-state index in [1.165, 1.54) is 0 Å². The maximum atomic E-state index is 12.2. The quantitative estimate of drug-likeness (QED) is 0.631. The second-order valence-electron chi connectivity index (χ2n) is 5.96. The highest BCUT2D eigenvalue weighted by Gasteiger charge is 2.34. The fraction of sp³-hybridized carbons (Fsp3) is 0.562. The Morgan fingerprint density at radius 1 is 1.29 bits per heavy atom. The molecule has 0 saturated heterocycles. The lowest BCUT2D eigenvalue weighted by Crippen LogP contribution is -2.30. The normalized spacial score (nSPS) is 22.9. The van der Waals surface area contributed by atoms with E-state index < -0.39 is 0 Å². The van der Waals surface area contributed by atoms with Gasteiger partial charge >= 0.3 is 0 Å². The Balaban J connectivity index is 1.91. The Labute approximate surface area is 123 Å². The smallest absolute Gasteiger partial charge is 0.211 e. The summed E-state index contributed by atoms with van der Waals surface area (Å²) in [6.07, 6.45) is 3.23. The Kier molecular flexibility index (Phi) is 4.01. The van der Waals surface area contributed by atoms with Crippen LogP contribution in [-0.2, 0) is 22.7 Å². The summed E-state index contributed by atoms with van der Waals surface area (Å²) in [4.78, 5) is 22.9. The van der Waals surface area contributed by atoms with E-state index in [4.69, 9.17) is 4.74 Å². The molecular formula is C16H19NO4. The zero-order valence-electron chi connectivity index (χ0n) is 11.9. The fourth-order valence-electron chi connectivity index (χ4n) is 3.48. The molecule has 2 aliphatic rings. The molecule has 5 heteroatoms. The van der Waals surface area contributed by atoms with Crippen molar-refractivity contribution < 1.29 is 14.5 Å². The van der Waals surface area contributed by atoms with Gasteiger partial charge in [0.25, 0.3) is 0 Å². The van der Waals surface area contributed by atoms with Gasteiger partial charge in [0.05, 0.1) is 19.1 Å². The summed E-state index contributed by atoms with van der Waals surface area (Å²) in [5.74, 6) is -0.326. The number of hydrogen-bond donors (Lipinski definition) is 0. The van der Waals surface area contributed by atoms with Crippen LogP contribution in [0.15, 0.2) is 18.2 Å². The lowest BCUT2D eigenvalue weighted by molar-refractivity contribution is -0.484. The van der Waals surface area contributed by atoms with Crippen LogP contribution < -0.4 is 0 Å². The van der Waals surface area contributed by atoms with Crippen molar-refractivity contribution in [2.24, 2.45) is 5.92 Å².